The van der Waals surface area contributed by atoms with Crippen LogP contribution in [0.1, 0.15) is 41.4 Å². The maximum atomic E-state index is 12.0. The number of carbonyl (C=O) groups is 2. The van der Waals surface area contributed by atoms with E-state index >= 15 is 0 Å². The van der Waals surface area contributed by atoms with Crippen molar-refractivity contribution in [1.29, 1.82) is 0 Å². The molecule has 1 aromatic carbocycles. The van der Waals surface area contributed by atoms with Crippen LogP contribution in [-0.2, 0) is 4.79 Å². The number of nitrogens with zero attached hydrogens (tertiary/aromatic N) is 2. The van der Waals surface area contributed by atoms with Gasteiger partial charge in [0.05, 0.1) is 17.5 Å². The van der Waals surface area contributed by atoms with Crippen molar-refractivity contribution in [3.05, 3.63) is 53.5 Å². The average Bonchev–Trinajstić information content (AvgIpc) is 3.20. The van der Waals surface area contributed by atoms with Crippen molar-refractivity contribution in [2.75, 3.05) is 11.4 Å². The molecule has 1 saturated heterocycles. The van der Waals surface area contributed by atoms with Crippen LogP contribution in [0, 0.1) is 6.92 Å². The van der Waals surface area contributed by atoms with Gasteiger partial charge in [0, 0.05) is 18.7 Å². The molecule has 1 aliphatic rings. The first-order chi connectivity index (χ1) is 11.6. The van der Waals surface area contributed by atoms with Gasteiger partial charge in [-0.15, -0.1) is 0 Å². The molecule has 1 N–H and O–H groups in total. The number of nitrogens with one attached hydrogen (secondary N) is 1. The molecule has 1 aromatic heterocycles. The van der Waals surface area contributed by atoms with Crippen LogP contribution in [0.2, 0.25) is 0 Å². The molecular formula is C18H19N3O3. The lowest BCUT2D eigenvalue weighted by atomic mass is 10.1. The van der Waals surface area contributed by atoms with Crippen molar-refractivity contribution in [2.45, 2.75) is 26.7 Å². The Morgan fingerprint density at radius 2 is 2.00 bits per heavy atom. The van der Waals surface area contributed by atoms with Crippen LogP contribution in [0.25, 0.3) is 0 Å². The SMILES string of the molecule is C/C(=N/NC(=O)c1ccoc1C)c1ccc(N2CCCC2=O)cc1. The highest BCUT2D eigenvalue weighted by Crippen LogP contribution is 2.21. The molecule has 0 bridgehead atoms. The van der Waals surface area contributed by atoms with Gasteiger partial charge in [-0.25, -0.2) is 5.43 Å². The monoisotopic (exact) mass is 325 g/mol. The molecule has 24 heavy (non-hydrogen) atoms. The number of furan rings is 1. The second-order valence-electron chi connectivity index (χ2n) is 5.72. The Hall–Kier alpha value is -2.89. The Morgan fingerprint density at radius 1 is 1.25 bits per heavy atom. The van der Waals surface area contributed by atoms with Crippen molar-refractivity contribution in [3.8, 4) is 0 Å². The van der Waals surface area contributed by atoms with Gasteiger partial charge < -0.3 is 9.32 Å². The fourth-order valence-corrected chi connectivity index (χ4v) is 2.68. The van der Waals surface area contributed by atoms with Gasteiger partial charge in [0.1, 0.15) is 5.76 Å². The number of hydrogen-bond acceptors (Lipinski definition) is 4. The molecule has 1 aliphatic heterocycles. The van der Waals surface area contributed by atoms with Crippen LogP contribution in [0.5, 0.6) is 0 Å². The van der Waals surface area contributed by atoms with E-state index in [1.807, 2.05) is 31.2 Å². The number of amides is 2. The predicted octanol–water partition coefficient (Wildman–Crippen LogP) is 2.87. The molecule has 0 aliphatic carbocycles. The van der Waals surface area contributed by atoms with Gasteiger partial charge in [0.15, 0.2) is 0 Å². The zero-order valence-electron chi connectivity index (χ0n) is 13.7. The molecule has 2 heterocycles. The molecule has 6 heteroatoms. The number of aryl methyl sites for hydroxylation is 1. The summed E-state index contributed by atoms with van der Waals surface area (Å²) in [6, 6.07) is 9.21. The number of benzene rings is 1. The summed E-state index contributed by atoms with van der Waals surface area (Å²) in [4.78, 5) is 25.6. The van der Waals surface area contributed by atoms with Gasteiger partial charge in [-0.2, -0.15) is 5.10 Å². The zero-order valence-corrected chi connectivity index (χ0v) is 13.7. The molecule has 0 unspecified atom stereocenters. The summed E-state index contributed by atoms with van der Waals surface area (Å²) in [5.74, 6) is 0.413. The summed E-state index contributed by atoms with van der Waals surface area (Å²) in [6.07, 6.45) is 2.99. The highest BCUT2D eigenvalue weighted by atomic mass is 16.3. The van der Waals surface area contributed by atoms with Crippen molar-refractivity contribution in [3.63, 3.8) is 0 Å². The minimum Gasteiger partial charge on any atom is -0.469 e. The van der Waals surface area contributed by atoms with Gasteiger partial charge >= 0.3 is 0 Å². The summed E-state index contributed by atoms with van der Waals surface area (Å²) in [7, 11) is 0. The van der Waals surface area contributed by atoms with Gasteiger partial charge in [0.2, 0.25) is 5.91 Å². The number of anilines is 1. The van der Waals surface area contributed by atoms with E-state index in [1.54, 1.807) is 17.9 Å². The van der Waals surface area contributed by atoms with E-state index in [0.717, 1.165) is 24.2 Å². The lowest BCUT2D eigenvalue weighted by Gasteiger charge is -2.15. The molecular weight excluding hydrogens is 306 g/mol. The Bertz CT molecular complexity index is 790. The molecule has 0 spiro atoms. The van der Waals surface area contributed by atoms with E-state index in [1.165, 1.54) is 6.26 Å². The van der Waals surface area contributed by atoms with Crippen LogP contribution in [0.3, 0.4) is 0 Å². The van der Waals surface area contributed by atoms with E-state index in [-0.39, 0.29) is 11.8 Å². The van der Waals surface area contributed by atoms with Crippen LogP contribution in [0.4, 0.5) is 5.69 Å². The number of rotatable bonds is 4. The summed E-state index contributed by atoms with van der Waals surface area (Å²) in [5.41, 5.74) is 5.46. The second-order valence-corrected chi connectivity index (χ2v) is 5.72. The molecule has 3 rings (SSSR count). The van der Waals surface area contributed by atoms with Crippen molar-refractivity contribution >= 4 is 23.2 Å². The summed E-state index contributed by atoms with van der Waals surface area (Å²) in [6.45, 7) is 4.31. The normalized spacial score (nSPS) is 15.0. The molecule has 0 saturated carbocycles. The molecule has 0 atom stereocenters. The summed E-state index contributed by atoms with van der Waals surface area (Å²) in [5, 5.41) is 4.13. The Morgan fingerprint density at radius 3 is 2.58 bits per heavy atom. The van der Waals surface area contributed by atoms with Gasteiger partial charge in [-0.05, 0) is 44.0 Å². The molecule has 2 aromatic rings. The first-order valence-corrected chi connectivity index (χ1v) is 7.86. The summed E-state index contributed by atoms with van der Waals surface area (Å²) >= 11 is 0. The maximum absolute atomic E-state index is 12.0. The van der Waals surface area contributed by atoms with E-state index in [9.17, 15) is 9.59 Å². The molecule has 1 fully saturated rings. The third kappa shape index (κ3) is 3.22. The van der Waals surface area contributed by atoms with Gasteiger partial charge in [-0.3, -0.25) is 9.59 Å². The maximum Gasteiger partial charge on any atom is 0.274 e. The molecule has 0 radical (unpaired) electrons. The standard InChI is InChI=1S/C18H19N3O3/c1-12(19-20-18(23)16-9-11-24-13(16)2)14-5-7-15(8-6-14)21-10-3-4-17(21)22/h5-9,11H,3-4,10H2,1-2H3,(H,20,23)/b19-12-. The van der Waals surface area contributed by atoms with Crippen molar-refractivity contribution in [1.82, 2.24) is 5.43 Å². The van der Waals surface area contributed by atoms with Crippen LogP contribution >= 0.6 is 0 Å². The van der Waals surface area contributed by atoms with Crippen LogP contribution in [0.15, 0.2) is 46.1 Å². The van der Waals surface area contributed by atoms with Crippen molar-refractivity contribution < 1.29 is 14.0 Å². The van der Waals surface area contributed by atoms with E-state index in [2.05, 4.69) is 10.5 Å². The predicted molar refractivity (Wildman–Crippen MR) is 91.2 cm³/mol. The Kier molecular flexibility index (Phi) is 4.46. The van der Waals surface area contributed by atoms with Gasteiger partial charge in [0.25, 0.3) is 5.91 Å². The quantitative estimate of drug-likeness (QED) is 0.694. The topological polar surface area (TPSA) is 74.9 Å². The fraction of sp³-hybridized carbons (Fsp3) is 0.278. The minimum atomic E-state index is -0.306. The van der Waals surface area contributed by atoms with E-state index in [4.69, 9.17) is 4.42 Å². The third-order valence-electron chi connectivity index (χ3n) is 4.10. The molecule has 124 valence electrons. The minimum absolute atomic E-state index is 0.163. The largest absolute Gasteiger partial charge is 0.469 e. The molecule has 6 nitrogen and oxygen atoms in total. The zero-order chi connectivity index (χ0) is 17.1. The van der Waals surface area contributed by atoms with Crippen LogP contribution < -0.4 is 10.3 Å². The lowest BCUT2D eigenvalue weighted by molar-refractivity contribution is -0.117. The lowest BCUT2D eigenvalue weighted by Crippen LogP contribution is -2.23. The highest BCUT2D eigenvalue weighted by Gasteiger charge is 2.21. The first-order valence-electron chi connectivity index (χ1n) is 7.86. The fourth-order valence-electron chi connectivity index (χ4n) is 2.68. The number of carbonyl (C=O) groups excluding carboxylic acids is 2. The second kappa shape index (κ2) is 6.70. The summed E-state index contributed by atoms with van der Waals surface area (Å²) < 4.78 is 5.11. The third-order valence-corrected chi connectivity index (χ3v) is 4.10. The smallest absolute Gasteiger partial charge is 0.274 e. The Labute approximate surface area is 140 Å². The van der Waals surface area contributed by atoms with E-state index in [0.29, 0.717) is 23.5 Å². The first kappa shape index (κ1) is 16.0. The highest BCUT2D eigenvalue weighted by molar-refractivity contribution is 6.02. The Balaban J connectivity index is 1.68. The van der Waals surface area contributed by atoms with Gasteiger partial charge in [-0.1, -0.05) is 12.1 Å². The number of hydrazone groups is 1. The number of hydrogen-bond donors (Lipinski definition) is 1. The van der Waals surface area contributed by atoms with Crippen molar-refractivity contribution in [2.24, 2.45) is 5.10 Å². The average molecular weight is 325 g/mol. The van der Waals surface area contributed by atoms with E-state index < -0.39 is 0 Å². The molecule has 2 amide bonds. The van der Waals surface area contributed by atoms with Crippen LogP contribution in [-0.4, -0.2) is 24.1 Å².